The van der Waals surface area contributed by atoms with Gasteiger partial charge < -0.3 is 25.8 Å². The van der Waals surface area contributed by atoms with Crippen LogP contribution in [0.1, 0.15) is 26.7 Å². The maximum atomic E-state index is 12.1. The van der Waals surface area contributed by atoms with Crippen molar-refractivity contribution in [3.05, 3.63) is 0 Å². The molecule has 3 amide bonds. The van der Waals surface area contributed by atoms with Crippen molar-refractivity contribution < 1.29 is 24.2 Å². The topological polar surface area (TPSA) is 122 Å². The number of ether oxygens (including phenoxy) is 1. The molecule has 8 heteroatoms. The molecule has 1 atom stereocenters. The summed E-state index contributed by atoms with van der Waals surface area (Å²) >= 11 is 0. The molecule has 4 N–H and O–H groups in total. The van der Waals surface area contributed by atoms with E-state index in [1.54, 1.807) is 4.90 Å². The van der Waals surface area contributed by atoms with Gasteiger partial charge in [0.15, 0.2) is 0 Å². The number of primary amides is 1. The van der Waals surface area contributed by atoms with Crippen LogP contribution in [0.2, 0.25) is 0 Å². The van der Waals surface area contributed by atoms with E-state index in [0.717, 1.165) is 0 Å². The molecule has 0 bridgehead atoms. The average molecular weight is 301 g/mol. The zero-order valence-electron chi connectivity index (χ0n) is 12.4. The lowest BCUT2D eigenvalue weighted by Gasteiger charge is -2.33. The van der Waals surface area contributed by atoms with Crippen molar-refractivity contribution in [2.75, 3.05) is 19.7 Å². The van der Waals surface area contributed by atoms with Gasteiger partial charge in [-0.05, 0) is 18.8 Å². The number of carbonyl (C=O) groups is 3. The predicted molar refractivity (Wildman–Crippen MR) is 74.5 cm³/mol. The number of carboxylic acid groups (broad SMARTS) is 1. The van der Waals surface area contributed by atoms with Gasteiger partial charge in [0.05, 0.1) is 6.10 Å². The Hall–Kier alpha value is -1.83. The van der Waals surface area contributed by atoms with E-state index < -0.39 is 17.9 Å². The Morgan fingerprint density at radius 1 is 1.33 bits per heavy atom. The first-order valence-corrected chi connectivity index (χ1v) is 6.99. The van der Waals surface area contributed by atoms with Crippen LogP contribution >= 0.6 is 0 Å². The Bertz CT molecular complexity index is 391. The number of nitrogens with two attached hydrogens (primary N) is 1. The number of carbonyl (C=O) groups excluding carboxylic acids is 2. The van der Waals surface area contributed by atoms with Gasteiger partial charge in [-0.25, -0.2) is 9.59 Å². The Morgan fingerprint density at radius 3 is 2.33 bits per heavy atom. The van der Waals surface area contributed by atoms with Gasteiger partial charge >= 0.3 is 12.0 Å². The number of amides is 3. The van der Waals surface area contributed by atoms with E-state index in [4.69, 9.17) is 15.6 Å². The highest BCUT2D eigenvalue weighted by atomic mass is 16.5. The molecule has 0 aliphatic carbocycles. The lowest BCUT2D eigenvalue weighted by atomic mass is 10.0. The molecule has 0 aromatic rings. The number of hydrogen-bond acceptors (Lipinski definition) is 4. The van der Waals surface area contributed by atoms with Crippen LogP contribution in [0, 0.1) is 5.92 Å². The maximum Gasteiger partial charge on any atom is 0.329 e. The number of hydrogen-bond donors (Lipinski definition) is 3. The minimum atomic E-state index is -1.00. The van der Waals surface area contributed by atoms with Crippen molar-refractivity contribution in [3.8, 4) is 0 Å². The number of aliphatic carboxylic acids is 1. The summed E-state index contributed by atoms with van der Waals surface area (Å²) in [4.78, 5) is 35.3. The van der Waals surface area contributed by atoms with Gasteiger partial charge in [-0.15, -0.1) is 0 Å². The van der Waals surface area contributed by atoms with E-state index in [9.17, 15) is 14.4 Å². The van der Waals surface area contributed by atoms with E-state index in [0.29, 0.717) is 25.9 Å². The third-order valence-corrected chi connectivity index (χ3v) is 3.42. The molecule has 0 aromatic carbocycles. The van der Waals surface area contributed by atoms with Crippen molar-refractivity contribution in [2.45, 2.75) is 38.8 Å². The Morgan fingerprint density at radius 2 is 1.90 bits per heavy atom. The fourth-order valence-electron chi connectivity index (χ4n) is 2.21. The fourth-order valence-corrected chi connectivity index (χ4v) is 2.21. The molecule has 1 fully saturated rings. The van der Waals surface area contributed by atoms with Gasteiger partial charge in [0, 0.05) is 13.1 Å². The maximum absolute atomic E-state index is 12.1. The zero-order valence-corrected chi connectivity index (χ0v) is 12.4. The summed E-state index contributed by atoms with van der Waals surface area (Å²) < 4.78 is 5.20. The zero-order chi connectivity index (χ0) is 16.0. The number of urea groups is 1. The van der Waals surface area contributed by atoms with E-state index in [-0.39, 0.29) is 24.7 Å². The number of nitrogens with zero attached hydrogens (tertiary/aromatic N) is 1. The van der Waals surface area contributed by atoms with Crippen molar-refractivity contribution in [1.82, 2.24) is 10.2 Å². The number of nitrogens with one attached hydrogen (secondary N) is 1. The highest BCUT2D eigenvalue weighted by Gasteiger charge is 2.27. The number of rotatable bonds is 6. The highest BCUT2D eigenvalue weighted by molar-refractivity contribution is 5.86. The monoisotopic (exact) mass is 301 g/mol. The smallest absolute Gasteiger partial charge is 0.329 e. The van der Waals surface area contributed by atoms with Crippen LogP contribution in [0.4, 0.5) is 4.79 Å². The quantitative estimate of drug-likeness (QED) is 0.625. The first-order valence-electron chi connectivity index (χ1n) is 6.99. The van der Waals surface area contributed by atoms with Crippen LogP contribution in [0.15, 0.2) is 0 Å². The van der Waals surface area contributed by atoms with Crippen molar-refractivity contribution in [1.29, 1.82) is 0 Å². The van der Waals surface area contributed by atoms with Gasteiger partial charge in [0.2, 0.25) is 5.91 Å². The summed E-state index contributed by atoms with van der Waals surface area (Å²) in [5.74, 6) is -1.64. The predicted octanol–water partition coefficient (Wildman–Crippen LogP) is -0.228. The molecule has 1 heterocycles. The number of carboxylic acids is 1. The normalized spacial score (nSPS) is 17.6. The standard InChI is InChI=1S/C13H23N3O5/c1-8(2)11(12(14)19)15-13(20)16-5-3-9(4-6-16)21-7-10(17)18/h8-9,11H,3-7H2,1-2H3,(H2,14,19)(H,15,20)(H,17,18). The summed E-state index contributed by atoms with van der Waals surface area (Å²) in [5.41, 5.74) is 5.26. The van der Waals surface area contributed by atoms with Crippen molar-refractivity contribution in [2.24, 2.45) is 11.7 Å². The Labute approximate surface area is 123 Å². The number of likely N-dealkylation sites (tertiary alicyclic amines) is 1. The molecule has 0 spiro atoms. The van der Waals surface area contributed by atoms with Gasteiger partial charge in [0.25, 0.3) is 0 Å². The molecule has 1 unspecified atom stereocenters. The lowest BCUT2D eigenvalue weighted by molar-refractivity contribution is -0.145. The van der Waals surface area contributed by atoms with Crippen LogP contribution in [0.5, 0.6) is 0 Å². The molecule has 8 nitrogen and oxygen atoms in total. The van der Waals surface area contributed by atoms with Crippen molar-refractivity contribution in [3.63, 3.8) is 0 Å². The van der Waals surface area contributed by atoms with Crippen LogP contribution in [-0.4, -0.2) is 59.8 Å². The summed E-state index contributed by atoms with van der Waals surface area (Å²) in [5, 5.41) is 11.2. The molecule has 1 rings (SSSR count). The highest BCUT2D eigenvalue weighted by Crippen LogP contribution is 2.14. The molecule has 0 saturated carbocycles. The fraction of sp³-hybridized carbons (Fsp3) is 0.769. The Kier molecular flexibility index (Phi) is 6.41. The van der Waals surface area contributed by atoms with E-state index in [1.807, 2.05) is 13.8 Å². The third-order valence-electron chi connectivity index (χ3n) is 3.42. The van der Waals surface area contributed by atoms with Gasteiger partial charge in [0.1, 0.15) is 12.6 Å². The van der Waals surface area contributed by atoms with Crippen LogP contribution < -0.4 is 11.1 Å². The van der Waals surface area contributed by atoms with E-state index >= 15 is 0 Å². The molecule has 120 valence electrons. The molecule has 0 aromatic heterocycles. The van der Waals surface area contributed by atoms with Gasteiger partial charge in [-0.3, -0.25) is 4.79 Å². The van der Waals surface area contributed by atoms with Crippen LogP contribution in [0.3, 0.4) is 0 Å². The first-order chi connectivity index (χ1) is 9.81. The van der Waals surface area contributed by atoms with E-state index in [2.05, 4.69) is 5.32 Å². The third kappa shape index (κ3) is 5.58. The summed E-state index contributed by atoms with van der Waals surface area (Å²) in [6.07, 6.45) is 0.995. The van der Waals surface area contributed by atoms with Crippen molar-refractivity contribution >= 4 is 17.9 Å². The minimum Gasteiger partial charge on any atom is -0.480 e. The van der Waals surface area contributed by atoms with Crippen LogP contribution in [-0.2, 0) is 14.3 Å². The Balaban J connectivity index is 2.41. The molecule has 21 heavy (non-hydrogen) atoms. The van der Waals surface area contributed by atoms with Gasteiger partial charge in [-0.1, -0.05) is 13.8 Å². The summed E-state index contributed by atoms with van der Waals surface area (Å²) in [6, 6.07) is -1.03. The van der Waals surface area contributed by atoms with Gasteiger partial charge in [-0.2, -0.15) is 0 Å². The second-order valence-electron chi connectivity index (χ2n) is 5.46. The molecular formula is C13H23N3O5. The average Bonchev–Trinajstić information content (AvgIpc) is 2.42. The molecular weight excluding hydrogens is 278 g/mol. The SMILES string of the molecule is CC(C)C(NC(=O)N1CCC(OCC(=O)O)CC1)C(N)=O. The molecule has 1 aliphatic rings. The lowest BCUT2D eigenvalue weighted by Crippen LogP contribution is -2.54. The van der Waals surface area contributed by atoms with Crippen LogP contribution in [0.25, 0.3) is 0 Å². The van der Waals surface area contributed by atoms with E-state index in [1.165, 1.54) is 0 Å². The minimum absolute atomic E-state index is 0.0807. The largest absolute Gasteiger partial charge is 0.480 e. The first kappa shape index (κ1) is 17.2. The molecule has 0 radical (unpaired) electrons. The molecule has 1 saturated heterocycles. The summed E-state index contributed by atoms with van der Waals surface area (Å²) in [7, 11) is 0. The summed E-state index contributed by atoms with van der Waals surface area (Å²) in [6.45, 7) is 4.21. The second-order valence-corrected chi connectivity index (χ2v) is 5.46. The number of piperidine rings is 1. The second kappa shape index (κ2) is 7.82. The molecule has 1 aliphatic heterocycles.